The van der Waals surface area contributed by atoms with E-state index in [1.54, 1.807) is 0 Å². The van der Waals surface area contributed by atoms with E-state index in [2.05, 4.69) is 0 Å². The van der Waals surface area contributed by atoms with Crippen molar-refractivity contribution in [1.29, 1.82) is 0 Å². The first-order valence-electron chi connectivity index (χ1n) is 7.92. The Bertz CT molecular complexity index is 740. The lowest BCUT2D eigenvalue weighted by Gasteiger charge is -2.25. The smallest absolute Gasteiger partial charge is 0.417 e. The molecule has 0 radical (unpaired) electrons. The van der Waals surface area contributed by atoms with Gasteiger partial charge in [0.15, 0.2) is 11.9 Å². The van der Waals surface area contributed by atoms with Crippen molar-refractivity contribution in [1.82, 2.24) is 0 Å². The fraction of sp³-hybridized carbons (Fsp3) is 0.600. The maximum absolute atomic E-state index is 13.1. The molecule has 1 aromatic rings. The lowest BCUT2D eigenvalue weighted by molar-refractivity contribution is -0.849. The average Bonchev–Trinajstić information content (AvgIpc) is 2.71. The number of alkyl halides is 3. The standard InChI is InChI=1S/C15H20ClF3N2O3S/c1-3-20-10(2)21(6-4-5-7-25(22,23)24)13-8-11(15(17,18)19)12(16)9-14(13)20/h8-10H,3-7H2,1-2H3,(H,22,23,24). The van der Waals surface area contributed by atoms with E-state index in [1.807, 2.05) is 18.7 Å². The van der Waals surface area contributed by atoms with Gasteiger partial charge in [-0.1, -0.05) is 11.6 Å². The molecular formula is C15H20ClF3N2O3S. The SMILES string of the molecule is CC[NH+]1c2cc(Cl)c(C(F)(F)F)cc2N(CCCCS(=O)(=O)[O-])C1C. The Balaban J connectivity index is 2.28. The molecule has 1 aromatic carbocycles. The Labute approximate surface area is 150 Å². The van der Waals surface area contributed by atoms with Gasteiger partial charge in [-0.05, 0) is 25.8 Å². The van der Waals surface area contributed by atoms with Gasteiger partial charge in [0.2, 0.25) is 0 Å². The second kappa shape index (κ2) is 7.30. The topological polar surface area (TPSA) is 64.9 Å². The summed E-state index contributed by atoms with van der Waals surface area (Å²) in [5.41, 5.74) is 0.264. The van der Waals surface area contributed by atoms with Gasteiger partial charge in [-0.25, -0.2) is 8.42 Å². The van der Waals surface area contributed by atoms with E-state index >= 15 is 0 Å². The summed E-state index contributed by atoms with van der Waals surface area (Å²) in [5, 5.41) is -0.330. The highest BCUT2D eigenvalue weighted by atomic mass is 35.5. The summed E-state index contributed by atoms with van der Waals surface area (Å²) in [5.74, 6) is -0.471. The molecule has 0 aromatic heterocycles. The molecule has 1 heterocycles. The highest BCUT2D eigenvalue weighted by Gasteiger charge is 2.41. The average molecular weight is 401 g/mol. The number of fused-ring (bicyclic) bond motifs is 1. The molecule has 0 saturated carbocycles. The molecule has 5 nitrogen and oxygen atoms in total. The Morgan fingerprint density at radius 3 is 2.48 bits per heavy atom. The Morgan fingerprint density at radius 2 is 1.96 bits per heavy atom. The highest BCUT2D eigenvalue weighted by molar-refractivity contribution is 7.85. The monoisotopic (exact) mass is 400 g/mol. The number of benzene rings is 1. The number of anilines is 1. The summed E-state index contributed by atoms with van der Waals surface area (Å²) in [6.07, 6.45) is -4.09. The molecule has 0 bridgehead atoms. The lowest BCUT2D eigenvalue weighted by Crippen LogP contribution is -3.10. The first kappa shape index (κ1) is 20.3. The van der Waals surface area contributed by atoms with Crippen LogP contribution in [-0.4, -0.2) is 38.0 Å². The van der Waals surface area contributed by atoms with Gasteiger partial charge in [-0.2, -0.15) is 13.2 Å². The van der Waals surface area contributed by atoms with Crippen LogP contribution >= 0.6 is 11.6 Å². The van der Waals surface area contributed by atoms with Crippen LogP contribution in [0.15, 0.2) is 12.1 Å². The van der Waals surface area contributed by atoms with Crippen molar-refractivity contribution >= 4 is 33.1 Å². The number of hydrogen-bond acceptors (Lipinski definition) is 4. The maximum atomic E-state index is 13.1. The normalized spacial score (nSPS) is 20.8. The number of hydrogen-bond donors (Lipinski definition) is 1. The van der Waals surface area contributed by atoms with Gasteiger partial charge in [-0.15, -0.1) is 0 Å². The van der Waals surface area contributed by atoms with Crippen LogP contribution in [0.3, 0.4) is 0 Å². The quantitative estimate of drug-likeness (QED) is 0.588. The molecule has 0 fully saturated rings. The third-order valence-corrected chi connectivity index (χ3v) is 5.54. The van der Waals surface area contributed by atoms with E-state index in [9.17, 15) is 26.1 Å². The van der Waals surface area contributed by atoms with E-state index in [0.29, 0.717) is 30.9 Å². The summed E-state index contributed by atoms with van der Waals surface area (Å²) in [7, 11) is -4.28. The van der Waals surface area contributed by atoms with E-state index < -0.39 is 27.6 Å². The molecule has 1 aliphatic rings. The molecule has 142 valence electrons. The van der Waals surface area contributed by atoms with Crippen LogP contribution in [-0.2, 0) is 16.3 Å². The Morgan fingerprint density at radius 1 is 1.32 bits per heavy atom. The zero-order valence-corrected chi connectivity index (χ0v) is 15.4. The first-order chi connectivity index (χ1) is 11.5. The number of nitrogens with one attached hydrogen (secondary N) is 1. The number of halogens is 4. The van der Waals surface area contributed by atoms with Crippen molar-refractivity contribution in [3.05, 3.63) is 22.7 Å². The zero-order chi connectivity index (χ0) is 19.0. The molecule has 25 heavy (non-hydrogen) atoms. The molecular weight excluding hydrogens is 381 g/mol. The minimum Gasteiger partial charge on any atom is -0.748 e. The van der Waals surface area contributed by atoms with Crippen molar-refractivity contribution in [3.63, 3.8) is 0 Å². The molecule has 0 aliphatic carbocycles. The molecule has 2 rings (SSSR count). The van der Waals surface area contributed by atoms with Gasteiger partial charge in [0.1, 0.15) is 5.69 Å². The molecule has 2 unspecified atom stereocenters. The van der Waals surface area contributed by atoms with Gasteiger partial charge in [0.25, 0.3) is 0 Å². The van der Waals surface area contributed by atoms with E-state index in [4.69, 9.17) is 11.6 Å². The Hall–Kier alpha value is -1.03. The van der Waals surface area contributed by atoms with Crippen LogP contribution in [0.1, 0.15) is 32.3 Å². The molecule has 10 heteroatoms. The number of rotatable bonds is 6. The van der Waals surface area contributed by atoms with Crippen LogP contribution < -0.4 is 9.80 Å². The van der Waals surface area contributed by atoms with Crippen LogP contribution in [0, 0.1) is 0 Å². The molecule has 1 aliphatic heterocycles. The lowest BCUT2D eigenvalue weighted by atomic mass is 10.1. The zero-order valence-electron chi connectivity index (χ0n) is 13.9. The number of nitrogens with zero attached hydrogens (tertiary/aromatic N) is 1. The van der Waals surface area contributed by atoms with Crippen LogP contribution in [0.4, 0.5) is 24.5 Å². The third-order valence-electron chi connectivity index (χ3n) is 4.44. The van der Waals surface area contributed by atoms with E-state index in [0.717, 1.165) is 11.0 Å². The van der Waals surface area contributed by atoms with Crippen molar-refractivity contribution in [2.75, 3.05) is 23.7 Å². The summed E-state index contributed by atoms with van der Waals surface area (Å²) >= 11 is 5.83. The van der Waals surface area contributed by atoms with Gasteiger partial charge in [0, 0.05) is 25.3 Å². The van der Waals surface area contributed by atoms with Crippen LogP contribution in [0.2, 0.25) is 5.02 Å². The molecule has 2 atom stereocenters. The third kappa shape index (κ3) is 4.58. The Kier molecular flexibility index (Phi) is 5.92. The van der Waals surface area contributed by atoms with Crippen molar-refractivity contribution in [2.24, 2.45) is 0 Å². The summed E-state index contributed by atoms with van der Waals surface area (Å²) < 4.78 is 71.4. The van der Waals surface area contributed by atoms with Crippen molar-refractivity contribution in [3.8, 4) is 0 Å². The van der Waals surface area contributed by atoms with Crippen LogP contribution in [0.5, 0.6) is 0 Å². The second-order valence-corrected chi connectivity index (χ2v) is 7.99. The summed E-state index contributed by atoms with van der Waals surface area (Å²) in [4.78, 5) is 2.80. The molecule has 0 saturated heterocycles. The highest BCUT2D eigenvalue weighted by Crippen LogP contribution is 2.41. The van der Waals surface area contributed by atoms with Gasteiger partial charge in [-0.3, -0.25) is 4.90 Å². The van der Waals surface area contributed by atoms with Crippen molar-refractivity contribution in [2.45, 2.75) is 39.0 Å². The van der Waals surface area contributed by atoms with Crippen molar-refractivity contribution < 1.29 is 31.0 Å². The van der Waals surface area contributed by atoms with Gasteiger partial charge >= 0.3 is 6.18 Å². The number of unbranched alkanes of at least 4 members (excludes halogenated alkanes) is 1. The fourth-order valence-electron chi connectivity index (χ4n) is 3.26. The minimum atomic E-state index is -4.55. The molecule has 0 amide bonds. The minimum absolute atomic E-state index is 0.108. The fourth-order valence-corrected chi connectivity index (χ4v) is 4.09. The summed E-state index contributed by atoms with van der Waals surface area (Å²) in [6, 6.07) is 2.41. The predicted molar refractivity (Wildman–Crippen MR) is 88.2 cm³/mol. The summed E-state index contributed by atoms with van der Waals surface area (Å²) in [6.45, 7) is 4.85. The molecule has 0 spiro atoms. The van der Waals surface area contributed by atoms with Crippen LogP contribution in [0.25, 0.3) is 0 Å². The molecule has 1 N–H and O–H groups in total. The first-order valence-corrected chi connectivity index (χ1v) is 9.88. The van der Waals surface area contributed by atoms with E-state index in [-0.39, 0.29) is 17.6 Å². The predicted octanol–water partition coefficient (Wildman–Crippen LogP) is 2.39. The van der Waals surface area contributed by atoms with Gasteiger partial charge < -0.3 is 9.45 Å². The maximum Gasteiger partial charge on any atom is 0.417 e. The van der Waals surface area contributed by atoms with E-state index in [1.165, 1.54) is 6.07 Å². The van der Waals surface area contributed by atoms with Gasteiger partial charge in [0.05, 0.1) is 27.2 Å². The number of quaternary nitrogens is 1. The largest absolute Gasteiger partial charge is 0.748 e. The second-order valence-electron chi connectivity index (χ2n) is 6.06.